The van der Waals surface area contributed by atoms with Crippen LogP contribution in [0.1, 0.15) is 24.3 Å². The minimum absolute atomic E-state index is 0.348. The van der Waals surface area contributed by atoms with Crippen molar-refractivity contribution in [3.63, 3.8) is 0 Å². The van der Waals surface area contributed by atoms with E-state index in [1.165, 1.54) is 0 Å². The number of pyridine rings is 1. The molecule has 21 heavy (non-hydrogen) atoms. The fourth-order valence-electron chi connectivity index (χ4n) is 2.05. The van der Waals surface area contributed by atoms with E-state index in [0.29, 0.717) is 36.4 Å². The lowest BCUT2D eigenvalue weighted by Crippen LogP contribution is -1.91. The fourth-order valence-corrected chi connectivity index (χ4v) is 2.21. The molecule has 0 N–H and O–H groups in total. The first-order valence-corrected chi connectivity index (χ1v) is 7.05. The second-order valence-electron chi connectivity index (χ2n) is 4.58. The summed E-state index contributed by atoms with van der Waals surface area (Å²) in [4.78, 5) is 4.27. The van der Waals surface area contributed by atoms with Gasteiger partial charge in [-0.15, -0.1) is 10.2 Å². The molecule has 0 unspecified atom stereocenters. The summed E-state index contributed by atoms with van der Waals surface area (Å²) in [6, 6.07) is 7.87. The van der Waals surface area contributed by atoms with Crippen LogP contribution in [0.25, 0.3) is 10.9 Å². The molecule has 3 aromatic rings. The number of ether oxygens (including phenoxy) is 1. The summed E-state index contributed by atoms with van der Waals surface area (Å²) in [6.45, 7) is 2.89. The van der Waals surface area contributed by atoms with Gasteiger partial charge < -0.3 is 9.15 Å². The molecule has 0 radical (unpaired) electrons. The van der Waals surface area contributed by atoms with E-state index < -0.39 is 0 Å². The molecular weight excluding hydrogens is 290 g/mol. The van der Waals surface area contributed by atoms with Gasteiger partial charge in [-0.3, -0.25) is 4.98 Å². The first-order chi connectivity index (χ1) is 10.2. The van der Waals surface area contributed by atoms with Crippen LogP contribution in [0.3, 0.4) is 0 Å². The predicted molar refractivity (Wildman–Crippen MR) is 79.2 cm³/mol. The standard InChI is InChI=1S/C15H14ClN3O2/c1-2-20-9-15-19-18-14(21-15)6-10-3-4-13-11(5-10)7-12(16)8-17-13/h3-5,7-8H,2,6,9H2,1H3. The molecule has 5 nitrogen and oxygen atoms in total. The second-order valence-corrected chi connectivity index (χ2v) is 5.02. The number of halogens is 1. The molecule has 0 amide bonds. The number of rotatable bonds is 5. The number of benzene rings is 1. The molecule has 108 valence electrons. The summed E-state index contributed by atoms with van der Waals surface area (Å²) < 4.78 is 10.8. The van der Waals surface area contributed by atoms with Crippen molar-refractivity contribution in [2.75, 3.05) is 6.61 Å². The first-order valence-electron chi connectivity index (χ1n) is 6.68. The molecule has 0 aliphatic heterocycles. The maximum absolute atomic E-state index is 5.97. The molecule has 0 atom stereocenters. The molecule has 2 heterocycles. The van der Waals surface area contributed by atoms with E-state index in [-0.39, 0.29) is 0 Å². The van der Waals surface area contributed by atoms with Crippen molar-refractivity contribution >= 4 is 22.5 Å². The lowest BCUT2D eigenvalue weighted by molar-refractivity contribution is 0.113. The Labute approximate surface area is 126 Å². The van der Waals surface area contributed by atoms with Gasteiger partial charge in [-0.25, -0.2) is 0 Å². The Morgan fingerprint density at radius 3 is 2.90 bits per heavy atom. The number of nitrogens with zero attached hydrogens (tertiary/aromatic N) is 3. The van der Waals surface area contributed by atoms with Crippen molar-refractivity contribution in [3.05, 3.63) is 52.8 Å². The molecule has 0 bridgehead atoms. The number of aromatic nitrogens is 3. The molecular formula is C15H14ClN3O2. The number of hydrogen-bond donors (Lipinski definition) is 0. The smallest absolute Gasteiger partial charge is 0.242 e. The summed E-state index contributed by atoms with van der Waals surface area (Å²) in [5.41, 5.74) is 1.98. The molecule has 0 fully saturated rings. The van der Waals surface area contributed by atoms with Gasteiger partial charge in [0.1, 0.15) is 6.61 Å². The lowest BCUT2D eigenvalue weighted by Gasteiger charge is -2.01. The Morgan fingerprint density at radius 1 is 1.19 bits per heavy atom. The fraction of sp³-hybridized carbons (Fsp3) is 0.267. The summed E-state index contributed by atoms with van der Waals surface area (Å²) in [6.07, 6.45) is 2.21. The highest BCUT2D eigenvalue weighted by atomic mass is 35.5. The first kappa shape index (κ1) is 14.0. The Morgan fingerprint density at radius 2 is 2.05 bits per heavy atom. The number of fused-ring (bicyclic) bond motifs is 1. The molecule has 1 aromatic carbocycles. The average molecular weight is 304 g/mol. The summed E-state index contributed by atoms with van der Waals surface area (Å²) >= 11 is 5.97. The minimum atomic E-state index is 0.348. The van der Waals surface area contributed by atoms with E-state index in [4.69, 9.17) is 20.8 Å². The van der Waals surface area contributed by atoms with Gasteiger partial charge in [-0.2, -0.15) is 0 Å². The largest absolute Gasteiger partial charge is 0.422 e. The Bertz CT molecular complexity index is 758. The van der Waals surface area contributed by atoms with Crippen molar-refractivity contribution in [2.24, 2.45) is 0 Å². The van der Waals surface area contributed by atoms with E-state index in [0.717, 1.165) is 16.5 Å². The SMILES string of the molecule is CCOCc1nnc(Cc2ccc3ncc(Cl)cc3c2)o1. The molecule has 0 aliphatic carbocycles. The van der Waals surface area contributed by atoms with Crippen LogP contribution in [0.15, 0.2) is 34.9 Å². The zero-order valence-corrected chi connectivity index (χ0v) is 12.3. The zero-order valence-electron chi connectivity index (χ0n) is 11.5. The quantitative estimate of drug-likeness (QED) is 0.723. The van der Waals surface area contributed by atoms with Crippen LogP contribution in [0.4, 0.5) is 0 Å². The van der Waals surface area contributed by atoms with Crippen molar-refractivity contribution in [2.45, 2.75) is 20.0 Å². The summed E-state index contributed by atoms with van der Waals surface area (Å²) in [5.74, 6) is 1.07. The molecule has 0 aliphatic rings. The maximum atomic E-state index is 5.97. The van der Waals surface area contributed by atoms with Crippen LogP contribution < -0.4 is 0 Å². The Hall–Kier alpha value is -1.98. The summed E-state index contributed by atoms with van der Waals surface area (Å²) in [7, 11) is 0. The van der Waals surface area contributed by atoms with E-state index in [2.05, 4.69) is 15.2 Å². The van der Waals surface area contributed by atoms with Crippen molar-refractivity contribution in [1.29, 1.82) is 0 Å². The topological polar surface area (TPSA) is 61.0 Å². The molecule has 0 saturated heterocycles. The average Bonchev–Trinajstić information content (AvgIpc) is 2.92. The highest BCUT2D eigenvalue weighted by Crippen LogP contribution is 2.19. The monoisotopic (exact) mass is 303 g/mol. The van der Waals surface area contributed by atoms with E-state index in [9.17, 15) is 0 Å². The molecule has 2 aromatic heterocycles. The van der Waals surface area contributed by atoms with Crippen LogP contribution in [0.2, 0.25) is 5.02 Å². The predicted octanol–water partition coefficient (Wildman–Crippen LogP) is 3.40. The van der Waals surface area contributed by atoms with Gasteiger partial charge in [0.15, 0.2) is 0 Å². The van der Waals surface area contributed by atoms with Gasteiger partial charge in [0.2, 0.25) is 11.8 Å². The second kappa shape index (κ2) is 6.20. The number of hydrogen-bond acceptors (Lipinski definition) is 5. The Balaban J connectivity index is 1.79. The molecule has 0 spiro atoms. The van der Waals surface area contributed by atoms with Gasteiger partial charge in [0.25, 0.3) is 0 Å². The highest BCUT2D eigenvalue weighted by Gasteiger charge is 2.08. The minimum Gasteiger partial charge on any atom is -0.422 e. The van der Waals surface area contributed by atoms with Crippen LogP contribution >= 0.6 is 11.6 Å². The van der Waals surface area contributed by atoms with Crippen LogP contribution in [0, 0.1) is 0 Å². The zero-order chi connectivity index (χ0) is 14.7. The van der Waals surface area contributed by atoms with Crippen LogP contribution in [-0.4, -0.2) is 21.8 Å². The Kier molecular flexibility index (Phi) is 4.13. The lowest BCUT2D eigenvalue weighted by atomic mass is 10.1. The van der Waals surface area contributed by atoms with Crippen molar-refractivity contribution < 1.29 is 9.15 Å². The highest BCUT2D eigenvalue weighted by molar-refractivity contribution is 6.31. The van der Waals surface area contributed by atoms with Gasteiger partial charge in [0.05, 0.1) is 17.0 Å². The van der Waals surface area contributed by atoms with Crippen molar-refractivity contribution in [3.8, 4) is 0 Å². The molecule has 0 saturated carbocycles. The van der Waals surface area contributed by atoms with E-state index in [1.807, 2.05) is 31.2 Å². The third kappa shape index (κ3) is 3.37. The van der Waals surface area contributed by atoms with E-state index in [1.54, 1.807) is 6.20 Å². The van der Waals surface area contributed by atoms with Crippen LogP contribution in [-0.2, 0) is 17.8 Å². The third-order valence-corrected chi connectivity index (χ3v) is 3.21. The third-order valence-electron chi connectivity index (χ3n) is 3.01. The van der Waals surface area contributed by atoms with E-state index >= 15 is 0 Å². The molecule has 6 heteroatoms. The maximum Gasteiger partial charge on any atom is 0.242 e. The van der Waals surface area contributed by atoms with Crippen LogP contribution in [0.5, 0.6) is 0 Å². The molecule has 3 rings (SSSR count). The van der Waals surface area contributed by atoms with Gasteiger partial charge in [-0.05, 0) is 30.7 Å². The van der Waals surface area contributed by atoms with Gasteiger partial charge >= 0.3 is 0 Å². The van der Waals surface area contributed by atoms with Gasteiger partial charge in [0, 0.05) is 18.2 Å². The van der Waals surface area contributed by atoms with Gasteiger partial charge in [-0.1, -0.05) is 17.7 Å². The normalized spacial score (nSPS) is 11.1. The van der Waals surface area contributed by atoms with Crippen molar-refractivity contribution in [1.82, 2.24) is 15.2 Å². The summed E-state index contributed by atoms with van der Waals surface area (Å²) in [5, 5.41) is 9.59.